The summed E-state index contributed by atoms with van der Waals surface area (Å²) in [5, 5.41) is 11.5. The molecule has 10 nitrogen and oxygen atoms in total. The lowest BCUT2D eigenvalue weighted by atomic mass is 9.75. The minimum atomic E-state index is -1.21. The van der Waals surface area contributed by atoms with Crippen LogP contribution in [-0.2, 0) is 17.9 Å². The fraction of sp³-hybridized carbons (Fsp3) is 0.455. The molecule has 2 fully saturated rings. The van der Waals surface area contributed by atoms with E-state index in [0.717, 1.165) is 18.6 Å². The van der Waals surface area contributed by atoms with Gasteiger partial charge in [0.15, 0.2) is 11.6 Å². The van der Waals surface area contributed by atoms with Gasteiger partial charge in [-0.1, -0.05) is 6.07 Å². The Morgan fingerprint density at radius 1 is 1.18 bits per heavy atom. The van der Waals surface area contributed by atoms with Crippen LogP contribution in [0.5, 0.6) is 5.88 Å². The first-order valence-electron chi connectivity index (χ1n) is 11.0. The van der Waals surface area contributed by atoms with Gasteiger partial charge < -0.3 is 25.0 Å². The Hall–Kier alpha value is -3.70. The van der Waals surface area contributed by atoms with Crippen molar-refractivity contribution in [3.63, 3.8) is 0 Å². The van der Waals surface area contributed by atoms with Gasteiger partial charge in [0.1, 0.15) is 18.0 Å². The second kappa shape index (κ2) is 8.26. The average Bonchev–Trinajstić information content (AvgIpc) is 3.15. The number of amides is 2. The van der Waals surface area contributed by atoms with Crippen molar-refractivity contribution in [2.75, 3.05) is 24.5 Å². The summed E-state index contributed by atoms with van der Waals surface area (Å²) < 4.78 is 33.6. The van der Waals surface area contributed by atoms with Gasteiger partial charge in [-0.3, -0.25) is 9.36 Å². The van der Waals surface area contributed by atoms with Crippen LogP contribution in [0.1, 0.15) is 24.8 Å². The van der Waals surface area contributed by atoms with E-state index in [2.05, 4.69) is 10.3 Å². The first kappa shape index (κ1) is 22.1. The lowest BCUT2D eigenvalue weighted by molar-refractivity contribution is -0.142. The number of halogens is 2. The van der Waals surface area contributed by atoms with Gasteiger partial charge in [0.25, 0.3) is 0 Å². The number of fused-ring (bicyclic) bond motifs is 3. The SMILES string of the molecule is O=C(O)NC1(C(=O)N2CCN3c4cc(OCc5ccc(F)c(F)c5)nc(=O)n4CC3C2)CCC1. The van der Waals surface area contributed by atoms with E-state index in [1.54, 1.807) is 11.0 Å². The van der Waals surface area contributed by atoms with Gasteiger partial charge in [0.2, 0.25) is 11.8 Å². The van der Waals surface area contributed by atoms with Gasteiger partial charge in [-0.2, -0.15) is 4.98 Å². The van der Waals surface area contributed by atoms with Crippen molar-refractivity contribution in [1.82, 2.24) is 19.8 Å². The molecule has 12 heteroatoms. The molecular formula is C22H23F2N5O5. The second-order valence-electron chi connectivity index (χ2n) is 8.85. The Kier molecular flexibility index (Phi) is 5.37. The van der Waals surface area contributed by atoms with E-state index < -0.39 is 29.0 Å². The van der Waals surface area contributed by atoms with Crippen molar-refractivity contribution in [2.24, 2.45) is 0 Å². The van der Waals surface area contributed by atoms with Crippen molar-refractivity contribution in [2.45, 2.75) is 44.0 Å². The summed E-state index contributed by atoms with van der Waals surface area (Å²) >= 11 is 0. The van der Waals surface area contributed by atoms with Crippen molar-refractivity contribution in [3.8, 4) is 5.88 Å². The molecule has 2 aliphatic heterocycles. The lowest BCUT2D eigenvalue weighted by Crippen LogP contribution is -2.66. The molecule has 2 aromatic rings. The zero-order valence-corrected chi connectivity index (χ0v) is 18.2. The molecule has 1 aliphatic carbocycles. The van der Waals surface area contributed by atoms with Gasteiger partial charge in [0, 0.05) is 25.7 Å². The number of nitrogens with zero attached hydrogens (tertiary/aromatic N) is 4. The molecule has 1 unspecified atom stereocenters. The largest absolute Gasteiger partial charge is 0.473 e. The second-order valence-corrected chi connectivity index (χ2v) is 8.85. The zero-order chi connectivity index (χ0) is 24.0. The minimum absolute atomic E-state index is 0.0687. The first-order valence-corrected chi connectivity index (χ1v) is 11.0. The number of ether oxygens (including phenoxy) is 1. The van der Waals surface area contributed by atoms with E-state index in [4.69, 9.17) is 9.84 Å². The Balaban J connectivity index is 1.29. The highest BCUT2D eigenvalue weighted by Crippen LogP contribution is 2.36. The van der Waals surface area contributed by atoms with Crippen LogP contribution in [0.3, 0.4) is 0 Å². The normalized spacial score (nSPS) is 20.2. The molecule has 3 heterocycles. The van der Waals surface area contributed by atoms with E-state index >= 15 is 0 Å². The van der Waals surface area contributed by atoms with E-state index in [-0.39, 0.29) is 24.4 Å². The van der Waals surface area contributed by atoms with Crippen molar-refractivity contribution >= 4 is 17.8 Å². The molecule has 1 aromatic carbocycles. The number of piperazine rings is 1. The minimum Gasteiger partial charge on any atom is -0.473 e. The summed E-state index contributed by atoms with van der Waals surface area (Å²) in [6, 6.07) is 4.88. The summed E-state index contributed by atoms with van der Waals surface area (Å²) in [4.78, 5) is 44.5. The average molecular weight is 475 g/mol. The van der Waals surface area contributed by atoms with Crippen molar-refractivity contribution < 1.29 is 28.2 Å². The predicted octanol–water partition coefficient (Wildman–Crippen LogP) is 1.32. The molecule has 1 saturated heterocycles. The quantitative estimate of drug-likeness (QED) is 0.670. The highest BCUT2D eigenvalue weighted by Gasteiger charge is 2.49. The Bertz CT molecular complexity index is 1210. The van der Waals surface area contributed by atoms with Gasteiger partial charge in [-0.15, -0.1) is 0 Å². The highest BCUT2D eigenvalue weighted by molar-refractivity contribution is 5.91. The molecule has 1 atom stereocenters. The van der Waals surface area contributed by atoms with Crippen LogP contribution in [0, 0.1) is 11.6 Å². The fourth-order valence-corrected chi connectivity index (χ4v) is 4.88. The van der Waals surface area contributed by atoms with Gasteiger partial charge in [0.05, 0.1) is 12.6 Å². The number of nitrogens with one attached hydrogen (secondary N) is 1. The van der Waals surface area contributed by atoms with Crippen LogP contribution in [0.25, 0.3) is 0 Å². The topological polar surface area (TPSA) is 117 Å². The van der Waals surface area contributed by atoms with Gasteiger partial charge >= 0.3 is 11.8 Å². The molecule has 3 aliphatic rings. The number of hydrogen-bond donors (Lipinski definition) is 2. The maximum atomic E-state index is 13.4. The number of carbonyl (C=O) groups is 2. The van der Waals surface area contributed by atoms with Crippen molar-refractivity contribution in [3.05, 3.63) is 51.9 Å². The Morgan fingerprint density at radius 3 is 2.65 bits per heavy atom. The number of anilines is 1. The van der Waals surface area contributed by atoms with E-state index in [1.807, 2.05) is 4.90 Å². The molecule has 0 radical (unpaired) electrons. The monoisotopic (exact) mass is 475 g/mol. The molecule has 0 spiro atoms. The third kappa shape index (κ3) is 3.82. The number of benzene rings is 1. The molecule has 1 saturated carbocycles. The molecule has 2 N–H and O–H groups in total. The Labute approximate surface area is 192 Å². The van der Waals surface area contributed by atoms with Crippen LogP contribution >= 0.6 is 0 Å². The molecule has 0 bridgehead atoms. The number of aromatic nitrogens is 2. The van der Waals surface area contributed by atoms with E-state index in [1.165, 1.54) is 10.6 Å². The number of carboxylic acid groups (broad SMARTS) is 1. The number of rotatable bonds is 5. The van der Waals surface area contributed by atoms with Crippen LogP contribution in [0.2, 0.25) is 0 Å². The third-order valence-corrected chi connectivity index (χ3v) is 6.76. The molecule has 1 aromatic heterocycles. The summed E-state index contributed by atoms with van der Waals surface area (Å²) in [5.41, 5.74) is -1.17. The van der Waals surface area contributed by atoms with E-state index in [0.29, 0.717) is 50.4 Å². The summed E-state index contributed by atoms with van der Waals surface area (Å²) in [7, 11) is 0. The van der Waals surface area contributed by atoms with Crippen molar-refractivity contribution in [1.29, 1.82) is 0 Å². The third-order valence-electron chi connectivity index (χ3n) is 6.76. The first-order chi connectivity index (χ1) is 16.3. The van der Waals surface area contributed by atoms with E-state index in [9.17, 15) is 23.2 Å². The lowest BCUT2D eigenvalue weighted by Gasteiger charge is -2.46. The highest BCUT2D eigenvalue weighted by atomic mass is 19.2. The molecule has 5 rings (SSSR count). The molecule has 34 heavy (non-hydrogen) atoms. The van der Waals surface area contributed by atoms with Gasteiger partial charge in [-0.05, 0) is 37.0 Å². The maximum Gasteiger partial charge on any atom is 0.405 e. The molecular weight excluding hydrogens is 452 g/mol. The smallest absolute Gasteiger partial charge is 0.405 e. The number of hydrogen-bond acceptors (Lipinski definition) is 6. The predicted molar refractivity (Wildman–Crippen MR) is 115 cm³/mol. The molecule has 180 valence electrons. The standard InChI is InChI=1S/C22H23F2N5O5/c23-15-3-2-13(8-16(15)24)12-34-17-9-18-28-7-6-27(10-14(28)11-29(18)20(31)25-17)19(30)22(4-1-5-22)26-21(32)33/h2-3,8-9,14,26H,1,4-7,10-12H2,(H,32,33). The molecule has 2 amide bonds. The summed E-state index contributed by atoms with van der Waals surface area (Å²) in [5.74, 6) is -1.49. The number of carbonyl (C=O) groups excluding carboxylic acids is 1. The van der Waals surface area contributed by atoms with Crippen LogP contribution in [0.4, 0.5) is 19.4 Å². The summed E-state index contributed by atoms with van der Waals surface area (Å²) in [6.07, 6.45) is 0.528. The fourth-order valence-electron chi connectivity index (χ4n) is 4.88. The van der Waals surface area contributed by atoms with Crippen LogP contribution < -0.4 is 20.6 Å². The maximum absolute atomic E-state index is 13.4. The Morgan fingerprint density at radius 2 is 1.97 bits per heavy atom. The zero-order valence-electron chi connectivity index (χ0n) is 18.2. The van der Waals surface area contributed by atoms with Crippen LogP contribution in [0.15, 0.2) is 29.1 Å². The summed E-state index contributed by atoms with van der Waals surface area (Å²) in [6.45, 7) is 1.46. The van der Waals surface area contributed by atoms with Gasteiger partial charge in [-0.25, -0.2) is 18.4 Å². The van der Waals surface area contributed by atoms with Crippen LogP contribution in [-0.4, -0.2) is 62.8 Å².